The lowest BCUT2D eigenvalue weighted by atomic mass is 9.86. The summed E-state index contributed by atoms with van der Waals surface area (Å²) in [5.41, 5.74) is 5.54. The van der Waals surface area contributed by atoms with Gasteiger partial charge >= 0.3 is 0 Å². The van der Waals surface area contributed by atoms with E-state index in [1.807, 2.05) is 13.8 Å². The third-order valence-electron chi connectivity index (χ3n) is 4.75. The first-order chi connectivity index (χ1) is 9.51. The molecule has 0 spiro atoms. The Kier molecular flexibility index (Phi) is 5.30. The summed E-state index contributed by atoms with van der Waals surface area (Å²) in [6.45, 7) is 7.96. The van der Waals surface area contributed by atoms with Crippen LogP contribution in [0.4, 0.5) is 0 Å². The van der Waals surface area contributed by atoms with Crippen LogP contribution in [-0.2, 0) is 0 Å². The minimum atomic E-state index is -0.188. The Morgan fingerprint density at radius 1 is 1.15 bits per heavy atom. The highest BCUT2D eigenvalue weighted by atomic mass is 16.4. The predicted octanol–water partition coefficient (Wildman–Crippen LogP) is 3.05. The van der Waals surface area contributed by atoms with Gasteiger partial charge in [0.2, 0.25) is 0 Å². The molecule has 0 heterocycles. The van der Waals surface area contributed by atoms with Crippen LogP contribution in [0.1, 0.15) is 58.8 Å². The van der Waals surface area contributed by atoms with E-state index in [2.05, 4.69) is 10.1 Å². The quantitative estimate of drug-likeness (QED) is 0.213. The number of amidine groups is 1. The lowest BCUT2D eigenvalue weighted by Gasteiger charge is -2.25. The molecule has 0 aromatic heterocycles. The van der Waals surface area contributed by atoms with Crippen LogP contribution in [-0.4, -0.2) is 35.6 Å². The average Bonchev–Trinajstić information content (AvgIpc) is 3.29. The fourth-order valence-corrected chi connectivity index (χ4v) is 2.75. The maximum Gasteiger partial charge on any atom is 0.144 e. The minimum absolute atomic E-state index is 0.188. The van der Waals surface area contributed by atoms with Gasteiger partial charge in [-0.3, -0.25) is 0 Å². The molecule has 4 heteroatoms. The summed E-state index contributed by atoms with van der Waals surface area (Å²) in [6, 6.07) is 0. The van der Waals surface area contributed by atoms with Crippen LogP contribution in [0, 0.1) is 17.3 Å². The van der Waals surface area contributed by atoms with Crippen LogP contribution in [0.2, 0.25) is 0 Å². The number of nitrogens with two attached hydrogens (primary N) is 1. The summed E-state index contributed by atoms with van der Waals surface area (Å²) < 4.78 is 0. The maximum absolute atomic E-state index is 8.78. The van der Waals surface area contributed by atoms with Crippen LogP contribution >= 0.6 is 0 Å². The van der Waals surface area contributed by atoms with Crippen molar-refractivity contribution in [1.29, 1.82) is 0 Å². The van der Waals surface area contributed by atoms with Crippen molar-refractivity contribution in [2.45, 2.75) is 58.8 Å². The SMILES string of the molecule is CC(C)(CCCCN(CC1CC1)CC1CC1)C(N)=NO. The Morgan fingerprint density at radius 2 is 1.70 bits per heavy atom. The third kappa shape index (κ3) is 5.31. The molecule has 0 atom stereocenters. The number of oxime groups is 1. The zero-order valence-electron chi connectivity index (χ0n) is 13.1. The van der Waals surface area contributed by atoms with Gasteiger partial charge in [0.15, 0.2) is 0 Å². The molecule has 2 aliphatic rings. The molecule has 0 aliphatic heterocycles. The Bertz CT molecular complexity index is 319. The van der Waals surface area contributed by atoms with Crippen LogP contribution in [0.25, 0.3) is 0 Å². The Labute approximate surface area is 123 Å². The maximum atomic E-state index is 8.78. The smallest absolute Gasteiger partial charge is 0.144 e. The number of rotatable bonds is 10. The van der Waals surface area contributed by atoms with Crippen molar-refractivity contribution in [2.24, 2.45) is 28.1 Å². The van der Waals surface area contributed by atoms with Gasteiger partial charge in [0, 0.05) is 18.5 Å². The topological polar surface area (TPSA) is 61.8 Å². The zero-order valence-corrected chi connectivity index (χ0v) is 13.1. The Morgan fingerprint density at radius 3 is 2.15 bits per heavy atom. The molecule has 2 aliphatic carbocycles. The molecule has 0 unspecified atom stereocenters. The number of hydrogen-bond donors (Lipinski definition) is 2. The number of unbranched alkanes of at least 4 members (excludes halogenated alkanes) is 1. The van der Waals surface area contributed by atoms with E-state index in [1.165, 1.54) is 51.7 Å². The highest BCUT2D eigenvalue weighted by Crippen LogP contribution is 2.34. The zero-order chi connectivity index (χ0) is 14.6. The third-order valence-corrected chi connectivity index (χ3v) is 4.75. The summed E-state index contributed by atoms with van der Waals surface area (Å²) in [5, 5.41) is 11.9. The van der Waals surface area contributed by atoms with Gasteiger partial charge in [-0.15, -0.1) is 0 Å². The molecular formula is C16H31N3O. The fraction of sp³-hybridized carbons (Fsp3) is 0.938. The first-order valence-electron chi connectivity index (χ1n) is 8.21. The first-order valence-corrected chi connectivity index (χ1v) is 8.21. The van der Waals surface area contributed by atoms with Gasteiger partial charge in [-0.25, -0.2) is 0 Å². The second kappa shape index (κ2) is 6.79. The first kappa shape index (κ1) is 15.6. The molecule has 0 radical (unpaired) electrons. The van der Waals surface area contributed by atoms with Crippen LogP contribution in [0.3, 0.4) is 0 Å². The van der Waals surface area contributed by atoms with Gasteiger partial charge < -0.3 is 15.8 Å². The van der Waals surface area contributed by atoms with E-state index in [4.69, 9.17) is 10.9 Å². The van der Waals surface area contributed by atoms with E-state index in [0.29, 0.717) is 5.84 Å². The molecular weight excluding hydrogens is 250 g/mol. The predicted molar refractivity (Wildman–Crippen MR) is 82.9 cm³/mol. The van der Waals surface area contributed by atoms with Gasteiger partial charge in [-0.2, -0.15) is 0 Å². The molecule has 2 saturated carbocycles. The summed E-state index contributed by atoms with van der Waals surface area (Å²) in [7, 11) is 0. The summed E-state index contributed by atoms with van der Waals surface area (Å²) >= 11 is 0. The number of nitrogens with zero attached hydrogens (tertiary/aromatic N) is 2. The highest BCUT2D eigenvalue weighted by molar-refractivity contribution is 5.85. The molecule has 0 amide bonds. The van der Waals surface area contributed by atoms with E-state index >= 15 is 0 Å². The monoisotopic (exact) mass is 281 g/mol. The minimum Gasteiger partial charge on any atom is -0.409 e. The van der Waals surface area contributed by atoms with E-state index in [0.717, 1.165) is 24.7 Å². The van der Waals surface area contributed by atoms with E-state index in [9.17, 15) is 0 Å². The molecule has 0 bridgehead atoms. The second-order valence-corrected chi connectivity index (χ2v) is 7.47. The number of hydrogen-bond acceptors (Lipinski definition) is 3. The molecule has 0 saturated heterocycles. The van der Waals surface area contributed by atoms with Gasteiger partial charge in [-0.05, 0) is 56.9 Å². The van der Waals surface area contributed by atoms with E-state index < -0.39 is 0 Å². The molecule has 2 fully saturated rings. The summed E-state index contributed by atoms with van der Waals surface area (Å²) in [6.07, 6.45) is 9.13. The van der Waals surface area contributed by atoms with Crippen molar-refractivity contribution in [1.82, 2.24) is 4.90 Å². The summed E-state index contributed by atoms with van der Waals surface area (Å²) in [5.74, 6) is 2.33. The molecule has 0 aromatic carbocycles. The molecule has 2 rings (SSSR count). The van der Waals surface area contributed by atoms with Crippen molar-refractivity contribution in [3.05, 3.63) is 0 Å². The standard InChI is InChI=1S/C16H31N3O/c1-16(2,15(17)18-20)9-3-4-10-19(11-13-5-6-13)12-14-7-8-14/h13-14,20H,3-12H2,1-2H3,(H2,17,18). The molecule has 0 aromatic rings. The molecule has 20 heavy (non-hydrogen) atoms. The average molecular weight is 281 g/mol. The lowest BCUT2D eigenvalue weighted by molar-refractivity contribution is 0.243. The van der Waals surface area contributed by atoms with Crippen molar-refractivity contribution in [2.75, 3.05) is 19.6 Å². The second-order valence-electron chi connectivity index (χ2n) is 7.47. The normalized spacial score (nSPS) is 20.6. The van der Waals surface area contributed by atoms with Gasteiger partial charge in [0.1, 0.15) is 5.84 Å². The molecule has 4 nitrogen and oxygen atoms in total. The van der Waals surface area contributed by atoms with Gasteiger partial charge in [-0.1, -0.05) is 25.4 Å². The van der Waals surface area contributed by atoms with Crippen molar-refractivity contribution in [3.63, 3.8) is 0 Å². The van der Waals surface area contributed by atoms with Crippen LogP contribution in [0.15, 0.2) is 5.16 Å². The van der Waals surface area contributed by atoms with Crippen LogP contribution < -0.4 is 5.73 Å². The van der Waals surface area contributed by atoms with Crippen molar-refractivity contribution < 1.29 is 5.21 Å². The van der Waals surface area contributed by atoms with Crippen molar-refractivity contribution in [3.8, 4) is 0 Å². The Balaban J connectivity index is 1.64. The van der Waals surface area contributed by atoms with E-state index in [-0.39, 0.29) is 5.41 Å². The van der Waals surface area contributed by atoms with Crippen molar-refractivity contribution >= 4 is 5.84 Å². The largest absolute Gasteiger partial charge is 0.409 e. The Hall–Kier alpha value is -0.770. The molecule has 3 N–H and O–H groups in total. The highest BCUT2D eigenvalue weighted by Gasteiger charge is 2.29. The summed E-state index contributed by atoms with van der Waals surface area (Å²) in [4.78, 5) is 2.69. The van der Waals surface area contributed by atoms with Gasteiger partial charge in [0.05, 0.1) is 0 Å². The van der Waals surface area contributed by atoms with Gasteiger partial charge in [0.25, 0.3) is 0 Å². The van der Waals surface area contributed by atoms with Crippen LogP contribution in [0.5, 0.6) is 0 Å². The molecule has 116 valence electrons. The van der Waals surface area contributed by atoms with E-state index in [1.54, 1.807) is 0 Å². The fourth-order valence-electron chi connectivity index (χ4n) is 2.75. The lowest BCUT2D eigenvalue weighted by Crippen LogP contribution is -2.32.